The van der Waals surface area contributed by atoms with Crippen molar-refractivity contribution in [2.24, 2.45) is 20.5 Å². The first-order valence-electron chi connectivity index (χ1n) is 20.0. The lowest BCUT2D eigenvalue weighted by molar-refractivity contribution is -0.127. The van der Waals surface area contributed by atoms with Crippen LogP contribution in [0.3, 0.4) is 0 Å². The summed E-state index contributed by atoms with van der Waals surface area (Å²) in [5, 5.41) is 26.7. The van der Waals surface area contributed by atoms with Gasteiger partial charge in [-0.05, 0) is 87.4 Å². The zero-order valence-corrected chi connectivity index (χ0v) is 38.8. The fraction of sp³-hybridized carbons (Fsp3) is 0.217. The molecule has 0 aliphatic rings. The minimum Gasteiger partial charge on any atom is -0.492 e. The van der Waals surface area contributed by atoms with E-state index < -0.39 is 47.3 Å². The van der Waals surface area contributed by atoms with Gasteiger partial charge in [-0.3, -0.25) is 28.8 Å². The molecule has 20 heteroatoms. The average molecular weight is 977 g/mol. The number of nitrogens with zero attached hydrogens (tertiary/aromatic N) is 4. The second kappa shape index (κ2) is 24.0. The van der Waals surface area contributed by atoms with Gasteiger partial charge in [0.1, 0.15) is 22.9 Å². The molecule has 0 radical (unpaired) electrons. The van der Waals surface area contributed by atoms with Crippen molar-refractivity contribution >= 4 is 116 Å². The number of benzene rings is 5. The Morgan fingerprint density at radius 3 is 1.27 bits per heavy atom. The lowest BCUT2D eigenvalue weighted by Crippen LogP contribution is -2.32. The van der Waals surface area contributed by atoms with Crippen molar-refractivity contribution in [3.8, 4) is 11.5 Å². The molecule has 2 atom stereocenters. The molecular formula is C46H42Cl4N8O8. The molecule has 0 bridgehead atoms. The van der Waals surface area contributed by atoms with Crippen LogP contribution in [0, 0.1) is 0 Å². The van der Waals surface area contributed by atoms with Gasteiger partial charge >= 0.3 is 0 Å². The van der Waals surface area contributed by atoms with E-state index in [2.05, 4.69) is 41.7 Å². The summed E-state index contributed by atoms with van der Waals surface area (Å²) in [7, 11) is 0. The Hall–Kier alpha value is -6.72. The highest BCUT2D eigenvalue weighted by Gasteiger charge is 2.28. The number of hydrogen-bond donors (Lipinski definition) is 4. The van der Waals surface area contributed by atoms with Gasteiger partial charge in [-0.1, -0.05) is 59.6 Å². The number of amides is 4. The van der Waals surface area contributed by atoms with Gasteiger partial charge in [-0.15, -0.1) is 23.2 Å². The number of alkyl halides is 2. The minimum atomic E-state index is -1.68. The highest BCUT2D eigenvalue weighted by molar-refractivity contribution is 6.37. The van der Waals surface area contributed by atoms with Gasteiger partial charge in [0.2, 0.25) is 12.1 Å². The van der Waals surface area contributed by atoms with E-state index >= 15 is 0 Å². The second-order valence-corrected chi connectivity index (χ2v) is 15.3. The van der Waals surface area contributed by atoms with E-state index in [0.29, 0.717) is 11.4 Å². The van der Waals surface area contributed by atoms with Gasteiger partial charge in [0.05, 0.1) is 45.8 Å². The molecule has 0 saturated carbocycles. The van der Waals surface area contributed by atoms with Crippen LogP contribution in [0.1, 0.15) is 59.5 Å². The molecule has 2 unspecified atom stereocenters. The highest BCUT2D eigenvalue weighted by atomic mass is 35.5. The van der Waals surface area contributed by atoms with E-state index in [1.165, 1.54) is 48.5 Å². The van der Waals surface area contributed by atoms with Crippen LogP contribution in [0.4, 0.5) is 34.1 Å². The fourth-order valence-electron chi connectivity index (χ4n) is 5.99. The van der Waals surface area contributed by atoms with Crippen LogP contribution in [-0.4, -0.2) is 60.5 Å². The summed E-state index contributed by atoms with van der Waals surface area (Å²) >= 11 is 25.0. The predicted molar refractivity (Wildman–Crippen MR) is 255 cm³/mol. The first kappa shape index (κ1) is 50.3. The quantitative estimate of drug-likeness (QED) is 0.0333. The summed E-state index contributed by atoms with van der Waals surface area (Å²) in [5.74, 6) is -3.68. The minimum absolute atomic E-state index is 0.0135. The number of hydrogen-bond acceptors (Lipinski definition) is 12. The van der Waals surface area contributed by atoms with Crippen molar-refractivity contribution in [1.82, 2.24) is 0 Å². The Kier molecular flexibility index (Phi) is 18.3. The number of carbonyl (C=O) groups excluding carboxylic acids is 6. The normalized spacial score (nSPS) is 12.0. The molecule has 0 aromatic heterocycles. The van der Waals surface area contributed by atoms with Gasteiger partial charge in [-0.2, -0.15) is 20.5 Å². The Bertz CT molecular complexity index is 2530. The summed E-state index contributed by atoms with van der Waals surface area (Å²) in [5.41, 5.74) is 2.79. The maximum Gasteiger partial charge on any atom is 0.258 e. The van der Waals surface area contributed by atoms with Crippen LogP contribution in [0.2, 0.25) is 10.0 Å². The molecule has 0 aliphatic carbocycles. The lowest BCUT2D eigenvalue weighted by Gasteiger charge is -2.19. The molecule has 5 rings (SSSR count). The third kappa shape index (κ3) is 13.2. The zero-order valence-electron chi connectivity index (χ0n) is 35.8. The monoisotopic (exact) mass is 974 g/mol. The van der Waals surface area contributed by atoms with Crippen LogP contribution in [0.25, 0.3) is 0 Å². The number of anilines is 4. The molecule has 16 nitrogen and oxygen atoms in total. The van der Waals surface area contributed by atoms with Crippen molar-refractivity contribution < 1.29 is 38.2 Å². The third-order valence-corrected chi connectivity index (χ3v) is 10.6. The first-order chi connectivity index (χ1) is 31.7. The number of ketones is 2. The van der Waals surface area contributed by atoms with Gasteiger partial charge < -0.3 is 30.7 Å². The first-order valence-corrected chi connectivity index (χ1v) is 21.9. The van der Waals surface area contributed by atoms with Crippen molar-refractivity contribution in [2.75, 3.05) is 34.5 Å². The molecule has 4 amide bonds. The summed E-state index contributed by atoms with van der Waals surface area (Å²) in [6, 6.07) is 22.1. The number of Topliss-reactive ketones (excluding diaryl/α,β-unsaturated/α-hetero) is 2. The SMILES string of the molecule is CCOc1cc(NC(=O)C(N=Nc2cccc(C(=O)Nc3cccc(CCl)c3)c2Cl)C(C)=O)c(OCC)cc1NC(=O)C(N=Nc1cccc(C(=O)Nc2cccc(CCl)c2)c1Cl)C(C)=O. The van der Waals surface area contributed by atoms with Crippen LogP contribution >= 0.6 is 46.4 Å². The number of nitrogens with one attached hydrogen (secondary N) is 4. The number of halogens is 4. The fourth-order valence-corrected chi connectivity index (χ4v) is 6.82. The van der Waals surface area contributed by atoms with Gasteiger partial charge in [-0.25, -0.2) is 0 Å². The van der Waals surface area contributed by atoms with Crippen molar-refractivity contribution in [3.63, 3.8) is 0 Å². The molecule has 5 aromatic carbocycles. The molecule has 66 heavy (non-hydrogen) atoms. The molecule has 0 saturated heterocycles. The van der Waals surface area contributed by atoms with Crippen LogP contribution in [0.15, 0.2) is 118 Å². The average Bonchev–Trinajstić information content (AvgIpc) is 3.28. The third-order valence-electron chi connectivity index (χ3n) is 9.15. The molecule has 0 spiro atoms. The predicted octanol–water partition coefficient (Wildman–Crippen LogP) is 11.1. The maximum atomic E-state index is 13.7. The molecule has 0 aliphatic heterocycles. The topological polar surface area (TPSA) is 218 Å². The van der Waals surface area contributed by atoms with Crippen molar-refractivity contribution in [2.45, 2.75) is 51.5 Å². The number of ether oxygens (including phenoxy) is 2. The molecule has 5 aromatic rings. The standard InChI is InChI=1S/C46H42Cl4N8O8/c1-5-65-37-21-36(54-46(64)42(26(4)60)58-56-34-18-10-16-32(40(34)50)44(62)52-30-14-8-12-28(20-30)24-48)38(66-6-2)22-35(37)53-45(63)41(25(3)59)57-55-33-17-9-15-31(39(33)49)43(61)51-29-13-7-11-27(19-29)23-47/h7-22,41-42H,5-6,23-24H2,1-4H3,(H,51,61)(H,52,62)(H,53,63)(H,54,64). The number of rotatable bonds is 20. The van der Waals surface area contributed by atoms with E-state index in [1.54, 1.807) is 50.2 Å². The summed E-state index contributed by atoms with van der Waals surface area (Å²) in [6.45, 7) is 5.84. The maximum absolute atomic E-state index is 13.7. The lowest BCUT2D eigenvalue weighted by atomic mass is 10.1. The van der Waals surface area contributed by atoms with Crippen molar-refractivity contribution in [3.05, 3.63) is 129 Å². The Labute approximate surface area is 399 Å². The molecule has 0 heterocycles. The Morgan fingerprint density at radius 2 is 0.924 bits per heavy atom. The van der Waals surface area contributed by atoms with Crippen LogP contribution < -0.4 is 30.7 Å². The molecule has 4 N–H and O–H groups in total. The van der Waals surface area contributed by atoms with Crippen LogP contribution in [-0.2, 0) is 30.9 Å². The Balaban J connectivity index is 1.34. The van der Waals surface area contributed by atoms with E-state index in [1.807, 2.05) is 12.1 Å². The van der Waals surface area contributed by atoms with Gasteiger partial charge in [0.25, 0.3) is 23.6 Å². The van der Waals surface area contributed by atoms with E-state index in [0.717, 1.165) is 25.0 Å². The number of azo groups is 2. The largest absolute Gasteiger partial charge is 0.492 e. The molecule has 342 valence electrons. The zero-order chi connectivity index (χ0) is 47.9. The van der Waals surface area contributed by atoms with E-state index in [-0.39, 0.29) is 80.4 Å². The van der Waals surface area contributed by atoms with Gasteiger partial charge in [0, 0.05) is 35.3 Å². The molecular weight excluding hydrogens is 934 g/mol. The van der Waals surface area contributed by atoms with Crippen LogP contribution in [0.5, 0.6) is 11.5 Å². The van der Waals surface area contributed by atoms with E-state index in [9.17, 15) is 28.8 Å². The summed E-state index contributed by atoms with van der Waals surface area (Å²) in [4.78, 5) is 79.2. The summed E-state index contributed by atoms with van der Waals surface area (Å²) in [6.07, 6.45) is 0. The van der Waals surface area contributed by atoms with Gasteiger partial charge in [0.15, 0.2) is 11.6 Å². The van der Waals surface area contributed by atoms with Crippen molar-refractivity contribution in [1.29, 1.82) is 0 Å². The smallest absolute Gasteiger partial charge is 0.258 e. The molecule has 0 fully saturated rings. The highest BCUT2D eigenvalue weighted by Crippen LogP contribution is 2.38. The Morgan fingerprint density at radius 1 is 0.545 bits per heavy atom. The van der Waals surface area contributed by atoms with E-state index in [4.69, 9.17) is 55.9 Å². The number of carbonyl (C=O) groups is 6. The second-order valence-electron chi connectivity index (χ2n) is 14.0. The summed E-state index contributed by atoms with van der Waals surface area (Å²) < 4.78 is 11.6.